The molecular weight excluding hydrogens is 377 g/mol. The number of rotatable bonds is 3. The van der Waals surface area contributed by atoms with Gasteiger partial charge in [0.05, 0.1) is 0 Å². The van der Waals surface area contributed by atoms with Crippen LogP contribution in [0.4, 0.5) is 11.5 Å². The molecule has 1 fully saturated rings. The molecule has 0 radical (unpaired) electrons. The van der Waals surface area contributed by atoms with Crippen molar-refractivity contribution < 1.29 is 9.59 Å². The standard InChI is InChI=1S/C17H17Cl2N5O2/c1-11(25)23-4-6-24(7-5-23)16-3-2-15(21-22-16)17(26)20-14-9-12(18)8-13(19)10-14/h2-3,8-10H,4-7H2,1H3,(H,20,26). The summed E-state index contributed by atoms with van der Waals surface area (Å²) in [5.41, 5.74) is 0.672. The second-order valence-corrected chi connectivity index (χ2v) is 6.76. The zero-order valence-corrected chi connectivity index (χ0v) is 15.6. The second kappa shape index (κ2) is 7.88. The van der Waals surface area contributed by atoms with Gasteiger partial charge in [0.1, 0.15) is 0 Å². The van der Waals surface area contributed by atoms with Crippen molar-refractivity contribution in [2.75, 3.05) is 36.4 Å². The monoisotopic (exact) mass is 393 g/mol. The first kappa shape index (κ1) is 18.4. The fourth-order valence-corrected chi connectivity index (χ4v) is 3.21. The first-order chi connectivity index (χ1) is 12.4. The molecule has 2 amide bonds. The van der Waals surface area contributed by atoms with Crippen molar-refractivity contribution in [2.24, 2.45) is 0 Å². The average molecular weight is 394 g/mol. The number of carbonyl (C=O) groups is 2. The second-order valence-electron chi connectivity index (χ2n) is 5.88. The van der Waals surface area contributed by atoms with Gasteiger partial charge in [0.15, 0.2) is 11.5 Å². The third-order valence-corrected chi connectivity index (χ3v) is 4.49. The Morgan fingerprint density at radius 3 is 2.19 bits per heavy atom. The minimum absolute atomic E-state index is 0.0730. The summed E-state index contributed by atoms with van der Waals surface area (Å²) in [7, 11) is 0. The predicted octanol–water partition coefficient (Wildman–Crippen LogP) is 2.70. The van der Waals surface area contributed by atoms with Gasteiger partial charge in [-0.05, 0) is 30.3 Å². The summed E-state index contributed by atoms with van der Waals surface area (Å²) in [6.07, 6.45) is 0. The number of anilines is 2. The number of nitrogens with one attached hydrogen (secondary N) is 1. The Balaban J connectivity index is 1.64. The van der Waals surface area contributed by atoms with Gasteiger partial charge in [0, 0.05) is 48.8 Å². The molecule has 0 bridgehead atoms. The summed E-state index contributed by atoms with van der Waals surface area (Å²) in [6, 6.07) is 8.14. The quantitative estimate of drug-likeness (QED) is 0.866. The van der Waals surface area contributed by atoms with Crippen LogP contribution in [0.15, 0.2) is 30.3 Å². The number of hydrogen-bond donors (Lipinski definition) is 1. The van der Waals surface area contributed by atoms with Crippen LogP contribution < -0.4 is 10.2 Å². The van der Waals surface area contributed by atoms with Crippen molar-refractivity contribution in [3.05, 3.63) is 46.1 Å². The Kier molecular flexibility index (Phi) is 5.58. The van der Waals surface area contributed by atoms with Gasteiger partial charge in [-0.1, -0.05) is 23.2 Å². The van der Waals surface area contributed by atoms with E-state index in [1.54, 1.807) is 42.2 Å². The number of nitrogens with zero attached hydrogens (tertiary/aromatic N) is 4. The molecule has 1 saturated heterocycles. The maximum atomic E-state index is 12.3. The molecular formula is C17H17Cl2N5O2. The fourth-order valence-electron chi connectivity index (χ4n) is 2.69. The number of halogens is 2. The van der Waals surface area contributed by atoms with Crippen LogP contribution in [0.2, 0.25) is 10.0 Å². The molecule has 1 aromatic carbocycles. The summed E-state index contributed by atoms with van der Waals surface area (Å²) in [5.74, 6) is 0.350. The van der Waals surface area contributed by atoms with E-state index in [1.807, 2.05) is 4.90 Å². The summed E-state index contributed by atoms with van der Waals surface area (Å²) in [5, 5.41) is 11.7. The van der Waals surface area contributed by atoms with E-state index in [9.17, 15) is 9.59 Å². The van der Waals surface area contributed by atoms with Crippen molar-refractivity contribution in [1.82, 2.24) is 15.1 Å². The van der Waals surface area contributed by atoms with Gasteiger partial charge in [0.25, 0.3) is 5.91 Å². The molecule has 26 heavy (non-hydrogen) atoms. The van der Waals surface area contributed by atoms with E-state index in [4.69, 9.17) is 23.2 Å². The highest BCUT2D eigenvalue weighted by Crippen LogP contribution is 2.23. The van der Waals surface area contributed by atoms with Crippen molar-refractivity contribution in [3.63, 3.8) is 0 Å². The minimum atomic E-state index is -0.399. The van der Waals surface area contributed by atoms with Gasteiger partial charge in [-0.25, -0.2) is 0 Å². The lowest BCUT2D eigenvalue weighted by atomic mass is 10.3. The Labute approximate surface area is 160 Å². The highest BCUT2D eigenvalue weighted by molar-refractivity contribution is 6.35. The Morgan fingerprint density at radius 2 is 1.65 bits per heavy atom. The molecule has 0 atom stereocenters. The molecule has 3 rings (SSSR count). The zero-order chi connectivity index (χ0) is 18.7. The summed E-state index contributed by atoms with van der Waals surface area (Å²) >= 11 is 11.8. The first-order valence-corrected chi connectivity index (χ1v) is 8.79. The molecule has 0 saturated carbocycles. The maximum Gasteiger partial charge on any atom is 0.276 e. The van der Waals surface area contributed by atoms with Gasteiger partial charge in [-0.3, -0.25) is 9.59 Å². The van der Waals surface area contributed by atoms with Crippen LogP contribution in [-0.4, -0.2) is 53.1 Å². The van der Waals surface area contributed by atoms with Crippen LogP contribution in [0.1, 0.15) is 17.4 Å². The van der Waals surface area contributed by atoms with E-state index in [0.717, 1.165) is 0 Å². The Hall–Kier alpha value is -2.38. The van der Waals surface area contributed by atoms with Gasteiger partial charge < -0.3 is 15.1 Å². The van der Waals surface area contributed by atoms with Gasteiger partial charge >= 0.3 is 0 Å². The molecule has 0 unspecified atom stereocenters. The summed E-state index contributed by atoms with van der Waals surface area (Å²) in [4.78, 5) is 27.5. The van der Waals surface area contributed by atoms with Gasteiger partial charge in [0.2, 0.25) is 5.91 Å². The molecule has 0 aliphatic carbocycles. The summed E-state index contributed by atoms with van der Waals surface area (Å²) in [6.45, 7) is 4.22. The topological polar surface area (TPSA) is 78.4 Å². The van der Waals surface area contributed by atoms with Crippen LogP contribution in [0, 0.1) is 0 Å². The first-order valence-electron chi connectivity index (χ1n) is 8.04. The predicted molar refractivity (Wildman–Crippen MR) is 101 cm³/mol. The molecule has 9 heteroatoms. The van der Waals surface area contributed by atoms with E-state index < -0.39 is 5.91 Å². The number of piperazine rings is 1. The number of carbonyl (C=O) groups excluding carboxylic acids is 2. The third-order valence-electron chi connectivity index (χ3n) is 4.05. The summed E-state index contributed by atoms with van der Waals surface area (Å²) < 4.78 is 0. The van der Waals surface area contributed by atoms with Gasteiger partial charge in [-0.15, -0.1) is 10.2 Å². The Bertz CT molecular complexity index is 800. The van der Waals surface area contributed by atoms with Crippen molar-refractivity contribution in [3.8, 4) is 0 Å². The minimum Gasteiger partial charge on any atom is -0.352 e. The van der Waals surface area contributed by atoms with E-state index in [1.165, 1.54) is 0 Å². The van der Waals surface area contributed by atoms with E-state index in [0.29, 0.717) is 47.7 Å². The largest absolute Gasteiger partial charge is 0.352 e. The lowest BCUT2D eigenvalue weighted by Gasteiger charge is -2.34. The van der Waals surface area contributed by atoms with E-state index in [2.05, 4.69) is 15.5 Å². The van der Waals surface area contributed by atoms with Crippen LogP contribution in [-0.2, 0) is 4.79 Å². The van der Waals surface area contributed by atoms with Crippen LogP contribution in [0.3, 0.4) is 0 Å². The smallest absolute Gasteiger partial charge is 0.276 e. The van der Waals surface area contributed by atoms with Crippen molar-refractivity contribution in [2.45, 2.75) is 6.92 Å². The highest BCUT2D eigenvalue weighted by Gasteiger charge is 2.20. The molecule has 1 aromatic heterocycles. The normalized spacial score (nSPS) is 14.3. The number of aromatic nitrogens is 2. The van der Waals surface area contributed by atoms with Crippen LogP contribution in [0.5, 0.6) is 0 Å². The highest BCUT2D eigenvalue weighted by atomic mass is 35.5. The lowest BCUT2D eigenvalue weighted by Crippen LogP contribution is -2.48. The van der Waals surface area contributed by atoms with Crippen LogP contribution >= 0.6 is 23.2 Å². The molecule has 2 heterocycles. The van der Waals surface area contributed by atoms with E-state index in [-0.39, 0.29) is 11.6 Å². The van der Waals surface area contributed by atoms with Crippen molar-refractivity contribution in [1.29, 1.82) is 0 Å². The SMILES string of the molecule is CC(=O)N1CCN(c2ccc(C(=O)Nc3cc(Cl)cc(Cl)c3)nn2)CC1. The molecule has 136 valence electrons. The number of amides is 2. The molecule has 1 aliphatic rings. The maximum absolute atomic E-state index is 12.3. The lowest BCUT2D eigenvalue weighted by molar-refractivity contribution is -0.129. The molecule has 2 aromatic rings. The molecule has 0 spiro atoms. The Morgan fingerprint density at radius 1 is 1.00 bits per heavy atom. The fraction of sp³-hybridized carbons (Fsp3) is 0.294. The van der Waals surface area contributed by atoms with Crippen LogP contribution in [0.25, 0.3) is 0 Å². The van der Waals surface area contributed by atoms with Gasteiger partial charge in [-0.2, -0.15) is 0 Å². The zero-order valence-electron chi connectivity index (χ0n) is 14.1. The number of benzene rings is 1. The van der Waals surface area contributed by atoms with E-state index >= 15 is 0 Å². The van der Waals surface area contributed by atoms with Crippen molar-refractivity contribution >= 4 is 46.5 Å². The molecule has 7 nitrogen and oxygen atoms in total. The molecule has 1 aliphatic heterocycles. The average Bonchev–Trinajstić information content (AvgIpc) is 2.61. The third kappa shape index (κ3) is 4.42. The molecule has 1 N–H and O–H groups in total. The number of hydrogen-bond acceptors (Lipinski definition) is 5.